The molecule has 1 amide bonds. The van der Waals surface area contributed by atoms with Gasteiger partial charge in [-0.1, -0.05) is 32.5 Å². The normalized spacial score (nSPS) is 22.8. The number of hydrogen-bond donors (Lipinski definition) is 1. The van der Waals surface area contributed by atoms with Crippen molar-refractivity contribution in [3.05, 3.63) is 0 Å². The van der Waals surface area contributed by atoms with E-state index < -0.39 is 0 Å². The smallest absolute Gasteiger partial charge is 0.232 e. The SMILES string of the molecule is CCC1CCN(C(=O)C(CC)C(N)=S)C1. The Morgan fingerprint density at radius 3 is 2.67 bits per heavy atom. The molecule has 4 heteroatoms. The predicted molar refractivity (Wildman–Crippen MR) is 65.5 cm³/mol. The lowest BCUT2D eigenvalue weighted by molar-refractivity contribution is -0.132. The Balaban J connectivity index is 2.57. The summed E-state index contributed by atoms with van der Waals surface area (Å²) in [5, 5.41) is 0. The van der Waals surface area contributed by atoms with E-state index in [0.29, 0.717) is 17.3 Å². The molecule has 0 spiro atoms. The fraction of sp³-hybridized carbons (Fsp3) is 0.818. The zero-order valence-corrected chi connectivity index (χ0v) is 10.3. The number of nitrogens with two attached hydrogens (primary N) is 1. The third-order valence-electron chi connectivity index (χ3n) is 3.22. The van der Waals surface area contributed by atoms with Crippen LogP contribution in [-0.2, 0) is 4.79 Å². The molecule has 0 aromatic carbocycles. The summed E-state index contributed by atoms with van der Waals surface area (Å²) in [6.45, 7) is 5.88. The van der Waals surface area contributed by atoms with Crippen LogP contribution in [0.5, 0.6) is 0 Å². The Kier molecular flexibility index (Phi) is 4.51. The Labute approximate surface area is 97.0 Å². The van der Waals surface area contributed by atoms with E-state index >= 15 is 0 Å². The molecule has 1 aliphatic heterocycles. The molecular weight excluding hydrogens is 208 g/mol. The minimum Gasteiger partial charge on any atom is -0.393 e. The van der Waals surface area contributed by atoms with E-state index in [-0.39, 0.29) is 11.8 Å². The summed E-state index contributed by atoms with van der Waals surface area (Å²) in [7, 11) is 0. The third-order valence-corrected chi connectivity index (χ3v) is 3.51. The molecule has 86 valence electrons. The van der Waals surface area contributed by atoms with Crippen LogP contribution in [0.1, 0.15) is 33.1 Å². The van der Waals surface area contributed by atoms with E-state index in [0.717, 1.165) is 25.9 Å². The highest BCUT2D eigenvalue weighted by atomic mass is 32.1. The second kappa shape index (κ2) is 5.45. The van der Waals surface area contributed by atoms with E-state index in [2.05, 4.69) is 6.92 Å². The van der Waals surface area contributed by atoms with E-state index in [1.54, 1.807) is 0 Å². The van der Waals surface area contributed by atoms with Gasteiger partial charge in [-0.2, -0.15) is 0 Å². The number of thiocarbonyl (C=S) groups is 1. The maximum absolute atomic E-state index is 12.0. The van der Waals surface area contributed by atoms with Crippen molar-refractivity contribution in [3.8, 4) is 0 Å². The molecule has 1 saturated heterocycles. The summed E-state index contributed by atoms with van der Waals surface area (Å²) in [5.74, 6) is 0.536. The van der Waals surface area contributed by atoms with Gasteiger partial charge < -0.3 is 10.6 Å². The van der Waals surface area contributed by atoms with Crippen molar-refractivity contribution in [2.45, 2.75) is 33.1 Å². The number of carbonyl (C=O) groups is 1. The zero-order valence-electron chi connectivity index (χ0n) is 9.53. The molecule has 0 radical (unpaired) electrons. The fourth-order valence-electron chi connectivity index (χ4n) is 2.08. The van der Waals surface area contributed by atoms with E-state index in [4.69, 9.17) is 18.0 Å². The van der Waals surface area contributed by atoms with Crippen LogP contribution in [0.2, 0.25) is 0 Å². The molecule has 2 atom stereocenters. The molecule has 0 bridgehead atoms. The molecule has 1 fully saturated rings. The first-order chi connectivity index (χ1) is 7.10. The van der Waals surface area contributed by atoms with E-state index in [9.17, 15) is 4.79 Å². The molecule has 2 N–H and O–H groups in total. The number of likely N-dealkylation sites (tertiary alicyclic amines) is 1. The van der Waals surface area contributed by atoms with Crippen molar-refractivity contribution in [2.75, 3.05) is 13.1 Å². The third kappa shape index (κ3) is 2.91. The van der Waals surface area contributed by atoms with Crippen molar-refractivity contribution < 1.29 is 4.79 Å². The molecule has 1 aliphatic rings. The first-order valence-electron chi connectivity index (χ1n) is 5.68. The van der Waals surface area contributed by atoms with Crippen molar-refractivity contribution in [1.82, 2.24) is 4.90 Å². The number of carbonyl (C=O) groups excluding carboxylic acids is 1. The lowest BCUT2D eigenvalue weighted by atomic mass is 10.0. The van der Waals surface area contributed by atoms with Gasteiger partial charge in [0.15, 0.2) is 0 Å². The molecule has 1 heterocycles. The van der Waals surface area contributed by atoms with Gasteiger partial charge in [-0.15, -0.1) is 0 Å². The van der Waals surface area contributed by atoms with Crippen LogP contribution in [0.3, 0.4) is 0 Å². The highest BCUT2D eigenvalue weighted by Gasteiger charge is 2.30. The number of amides is 1. The average Bonchev–Trinajstić information content (AvgIpc) is 2.66. The monoisotopic (exact) mass is 228 g/mol. The van der Waals surface area contributed by atoms with Crippen LogP contribution < -0.4 is 5.73 Å². The van der Waals surface area contributed by atoms with Gasteiger partial charge >= 0.3 is 0 Å². The maximum Gasteiger partial charge on any atom is 0.232 e. The summed E-state index contributed by atoms with van der Waals surface area (Å²) in [4.78, 5) is 14.3. The average molecular weight is 228 g/mol. The minimum absolute atomic E-state index is 0.126. The topological polar surface area (TPSA) is 46.3 Å². The summed E-state index contributed by atoms with van der Waals surface area (Å²) in [6.07, 6.45) is 2.98. The van der Waals surface area contributed by atoms with Gasteiger partial charge in [0.05, 0.1) is 10.9 Å². The second-order valence-electron chi connectivity index (χ2n) is 4.21. The molecule has 2 unspecified atom stereocenters. The van der Waals surface area contributed by atoms with Gasteiger partial charge in [0.25, 0.3) is 0 Å². The molecule has 0 saturated carbocycles. The first kappa shape index (κ1) is 12.4. The minimum atomic E-state index is -0.254. The van der Waals surface area contributed by atoms with Crippen molar-refractivity contribution >= 4 is 23.1 Å². The van der Waals surface area contributed by atoms with Gasteiger partial charge in [0, 0.05) is 13.1 Å². The number of rotatable bonds is 4. The lowest BCUT2D eigenvalue weighted by Crippen LogP contribution is -2.39. The summed E-state index contributed by atoms with van der Waals surface area (Å²) in [5.41, 5.74) is 5.57. The summed E-state index contributed by atoms with van der Waals surface area (Å²) in [6, 6.07) is 0. The van der Waals surface area contributed by atoms with Gasteiger partial charge in [-0.05, 0) is 18.8 Å². The Bertz CT molecular complexity index is 255. The van der Waals surface area contributed by atoms with Gasteiger partial charge in [-0.25, -0.2) is 0 Å². The van der Waals surface area contributed by atoms with Crippen LogP contribution in [-0.4, -0.2) is 28.9 Å². The number of nitrogens with zero attached hydrogens (tertiary/aromatic N) is 1. The van der Waals surface area contributed by atoms with Crippen molar-refractivity contribution in [3.63, 3.8) is 0 Å². The Hall–Kier alpha value is -0.640. The molecule has 0 aliphatic carbocycles. The summed E-state index contributed by atoms with van der Waals surface area (Å²) >= 11 is 4.92. The lowest BCUT2D eigenvalue weighted by Gasteiger charge is -2.21. The summed E-state index contributed by atoms with van der Waals surface area (Å²) < 4.78 is 0. The quantitative estimate of drug-likeness (QED) is 0.743. The molecular formula is C11H20N2OS. The Morgan fingerprint density at radius 2 is 2.27 bits per heavy atom. The maximum atomic E-state index is 12.0. The molecule has 15 heavy (non-hydrogen) atoms. The van der Waals surface area contributed by atoms with Gasteiger partial charge in [0.1, 0.15) is 0 Å². The highest BCUT2D eigenvalue weighted by molar-refractivity contribution is 7.80. The number of hydrogen-bond acceptors (Lipinski definition) is 2. The van der Waals surface area contributed by atoms with Crippen LogP contribution in [0.15, 0.2) is 0 Å². The second-order valence-corrected chi connectivity index (χ2v) is 4.68. The van der Waals surface area contributed by atoms with Crippen LogP contribution in [0.25, 0.3) is 0 Å². The molecule has 1 rings (SSSR count). The van der Waals surface area contributed by atoms with Gasteiger partial charge in [0.2, 0.25) is 5.91 Å². The fourth-order valence-corrected chi connectivity index (χ4v) is 2.35. The van der Waals surface area contributed by atoms with Crippen molar-refractivity contribution in [2.24, 2.45) is 17.6 Å². The largest absolute Gasteiger partial charge is 0.393 e. The highest BCUT2D eigenvalue weighted by Crippen LogP contribution is 2.21. The molecule has 3 nitrogen and oxygen atoms in total. The molecule has 0 aromatic rings. The first-order valence-corrected chi connectivity index (χ1v) is 6.09. The predicted octanol–water partition coefficient (Wildman–Crippen LogP) is 1.56. The van der Waals surface area contributed by atoms with Crippen molar-refractivity contribution in [1.29, 1.82) is 0 Å². The van der Waals surface area contributed by atoms with Crippen LogP contribution >= 0.6 is 12.2 Å². The van der Waals surface area contributed by atoms with E-state index in [1.165, 1.54) is 0 Å². The zero-order chi connectivity index (χ0) is 11.4. The Morgan fingerprint density at radius 1 is 1.60 bits per heavy atom. The molecule has 0 aromatic heterocycles. The van der Waals surface area contributed by atoms with Crippen LogP contribution in [0, 0.1) is 11.8 Å². The van der Waals surface area contributed by atoms with E-state index in [1.807, 2.05) is 11.8 Å². The van der Waals surface area contributed by atoms with Gasteiger partial charge in [-0.3, -0.25) is 4.79 Å². The standard InChI is InChI=1S/C11H20N2OS/c1-3-8-5-6-13(7-8)11(14)9(4-2)10(12)15/h8-9H,3-7H2,1-2H3,(H2,12,15). The van der Waals surface area contributed by atoms with Crippen LogP contribution in [0.4, 0.5) is 0 Å².